The Morgan fingerprint density at radius 3 is 2.67 bits per heavy atom. The number of aryl methyl sites for hydroxylation is 1. The fraction of sp³-hybridized carbons (Fsp3) is 0.400. The number of anilines is 1. The Bertz CT molecular complexity index is 915. The maximum absolute atomic E-state index is 12.7. The van der Waals surface area contributed by atoms with Gasteiger partial charge in [0, 0.05) is 31.9 Å². The standard InChI is InChI=1S/C20H26ClN3O2S/c1-23(2)19(14-22-27(25,26)20-9-5-4-8-17(20)21)16-10-11-18-15(13-16)7-6-12-24(18)3/h4-5,8-11,13,19,22H,6-7,12,14H2,1-3H3. The highest BCUT2D eigenvalue weighted by atomic mass is 35.5. The van der Waals surface area contributed by atoms with E-state index in [2.05, 4.69) is 34.9 Å². The van der Waals surface area contributed by atoms with Gasteiger partial charge >= 0.3 is 0 Å². The Morgan fingerprint density at radius 1 is 1.22 bits per heavy atom. The molecule has 2 aromatic carbocycles. The van der Waals surface area contributed by atoms with Gasteiger partial charge in [-0.1, -0.05) is 35.9 Å². The fourth-order valence-electron chi connectivity index (χ4n) is 3.54. The van der Waals surface area contributed by atoms with Gasteiger partial charge in [0.1, 0.15) is 4.90 Å². The summed E-state index contributed by atoms with van der Waals surface area (Å²) in [6.45, 7) is 1.34. The second-order valence-electron chi connectivity index (χ2n) is 7.17. The van der Waals surface area contributed by atoms with E-state index >= 15 is 0 Å². The number of benzene rings is 2. The SMILES string of the molecule is CN1CCCc2cc(C(CNS(=O)(=O)c3ccccc3Cl)N(C)C)ccc21. The Hall–Kier alpha value is -1.60. The van der Waals surface area contributed by atoms with Crippen LogP contribution < -0.4 is 9.62 Å². The maximum atomic E-state index is 12.7. The van der Waals surface area contributed by atoms with Crippen LogP contribution in [0.15, 0.2) is 47.4 Å². The summed E-state index contributed by atoms with van der Waals surface area (Å²) in [6.07, 6.45) is 2.19. The van der Waals surface area contributed by atoms with Crippen molar-refractivity contribution in [3.63, 3.8) is 0 Å². The molecule has 3 rings (SSSR count). The van der Waals surface area contributed by atoms with Crippen LogP contribution in [0.5, 0.6) is 0 Å². The van der Waals surface area contributed by atoms with Crippen molar-refractivity contribution in [3.05, 3.63) is 58.6 Å². The lowest BCUT2D eigenvalue weighted by molar-refractivity contribution is 0.299. The van der Waals surface area contributed by atoms with Crippen LogP contribution in [0, 0.1) is 0 Å². The first-order valence-electron chi connectivity index (χ1n) is 9.04. The van der Waals surface area contributed by atoms with Crippen LogP contribution in [-0.2, 0) is 16.4 Å². The van der Waals surface area contributed by atoms with Crippen molar-refractivity contribution in [2.24, 2.45) is 0 Å². The molecule has 0 spiro atoms. The summed E-state index contributed by atoms with van der Waals surface area (Å²) in [6, 6.07) is 12.9. The summed E-state index contributed by atoms with van der Waals surface area (Å²) >= 11 is 6.06. The van der Waals surface area contributed by atoms with E-state index < -0.39 is 10.0 Å². The van der Waals surface area contributed by atoms with E-state index in [1.165, 1.54) is 17.3 Å². The van der Waals surface area contributed by atoms with Crippen LogP contribution in [0.1, 0.15) is 23.6 Å². The lowest BCUT2D eigenvalue weighted by atomic mass is 9.96. The third kappa shape index (κ3) is 4.46. The number of halogens is 1. The average Bonchev–Trinajstić information content (AvgIpc) is 2.62. The molecule has 0 bridgehead atoms. The number of hydrogen-bond donors (Lipinski definition) is 1. The third-order valence-electron chi connectivity index (χ3n) is 5.06. The van der Waals surface area contributed by atoms with Gasteiger partial charge in [0.2, 0.25) is 10.0 Å². The van der Waals surface area contributed by atoms with Crippen molar-refractivity contribution in [2.75, 3.05) is 39.1 Å². The van der Waals surface area contributed by atoms with Gasteiger partial charge in [-0.2, -0.15) is 0 Å². The second kappa shape index (κ2) is 8.19. The molecule has 5 nitrogen and oxygen atoms in total. The molecule has 2 aromatic rings. The van der Waals surface area contributed by atoms with Crippen molar-refractivity contribution in [1.82, 2.24) is 9.62 Å². The number of hydrogen-bond acceptors (Lipinski definition) is 4. The van der Waals surface area contributed by atoms with E-state index in [-0.39, 0.29) is 22.5 Å². The van der Waals surface area contributed by atoms with Gasteiger partial charge in [-0.25, -0.2) is 13.1 Å². The average molecular weight is 408 g/mol. The predicted molar refractivity (Wildman–Crippen MR) is 111 cm³/mol. The second-order valence-corrected chi connectivity index (χ2v) is 9.32. The normalized spacial score (nSPS) is 15.7. The number of fused-ring (bicyclic) bond motifs is 1. The minimum Gasteiger partial charge on any atom is -0.374 e. The maximum Gasteiger partial charge on any atom is 0.242 e. The molecular weight excluding hydrogens is 382 g/mol. The molecular formula is C20H26ClN3O2S. The molecule has 0 radical (unpaired) electrons. The van der Waals surface area contributed by atoms with Crippen molar-refractivity contribution in [1.29, 1.82) is 0 Å². The smallest absolute Gasteiger partial charge is 0.242 e. The third-order valence-corrected chi connectivity index (χ3v) is 6.98. The summed E-state index contributed by atoms with van der Waals surface area (Å²) in [7, 11) is 2.36. The summed E-state index contributed by atoms with van der Waals surface area (Å²) in [5, 5.41) is 0.225. The molecule has 1 aliphatic heterocycles. The molecule has 0 amide bonds. The lowest BCUT2D eigenvalue weighted by Crippen LogP contribution is -2.35. The zero-order chi connectivity index (χ0) is 19.6. The molecule has 7 heteroatoms. The molecule has 27 heavy (non-hydrogen) atoms. The van der Waals surface area contributed by atoms with E-state index in [1.54, 1.807) is 18.2 Å². The van der Waals surface area contributed by atoms with Crippen LogP contribution in [0.2, 0.25) is 5.02 Å². The van der Waals surface area contributed by atoms with E-state index in [0.29, 0.717) is 0 Å². The monoisotopic (exact) mass is 407 g/mol. The van der Waals surface area contributed by atoms with Gasteiger partial charge in [-0.15, -0.1) is 0 Å². The zero-order valence-corrected chi connectivity index (χ0v) is 17.5. The first kappa shape index (κ1) is 20.1. The highest BCUT2D eigenvalue weighted by Gasteiger charge is 2.23. The number of rotatable bonds is 6. The molecule has 0 aromatic heterocycles. The van der Waals surface area contributed by atoms with Crippen LogP contribution in [0.3, 0.4) is 0 Å². The van der Waals surface area contributed by atoms with Crippen molar-refractivity contribution in [3.8, 4) is 0 Å². The molecule has 146 valence electrons. The molecule has 0 aliphatic carbocycles. The molecule has 1 atom stereocenters. The summed E-state index contributed by atoms with van der Waals surface area (Å²) in [4.78, 5) is 4.41. The quantitative estimate of drug-likeness (QED) is 0.798. The van der Waals surface area contributed by atoms with E-state index in [1.807, 2.05) is 19.0 Å². The number of nitrogens with one attached hydrogen (secondary N) is 1. The lowest BCUT2D eigenvalue weighted by Gasteiger charge is -2.30. The first-order chi connectivity index (χ1) is 12.8. The van der Waals surface area contributed by atoms with Crippen molar-refractivity contribution < 1.29 is 8.42 Å². The van der Waals surface area contributed by atoms with Crippen LogP contribution in [0.25, 0.3) is 0 Å². The molecule has 0 saturated heterocycles. The van der Waals surface area contributed by atoms with Gasteiger partial charge in [0.05, 0.1) is 5.02 Å². The minimum atomic E-state index is -3.67. The molecule has 0 saturated carbocycles. The van der Waals surface area contributed by atoms with Crippen molar-refractivity contribution in [2.45, 2.75) is 23.8 Å². The molecule has 1 aliphatic rings. The van der Waals surface area contributed by atoms with Gasteiger partial charge in [-0.3, -0.25) is 0 Å². The van der Waals surface area contributed by atoms with Gasteiger partial charge in [0.15, 0.2) is 0 Å². The molecule has 1 unspecified atom stereocenters. The highest BCUT2D eigenvalue weighted by Crippen LogP contribution is 2.30. The minimum absolute atomic E-state index is 0.0696. The van der Waals surface area contributed by atoms with Crippen LogP contribution >= 0.6 is 11.6 Å². The fourth-order valence-corrected chi connectivity index (χ4v) is 5.10. The van der Waals surface area contributed by atoms with Gasteiger partial charge in [0.25, 0.3) is 0 Å². The zero-order valence-electron chi connectivity index (χ0n) is 15.9. The van der Waals surface area contributed by atoms with Gasteiger partial charge < -0.3 is 9.80 Å². The largest absolute Gasteiger partial charge is 0.374 e. The number of nitrogens with zero attached hydrogens (tertiary/aromatic N) is 2. The highest BCUT2D eigenvalue weighted by molar-refractivity contribution is 7.89. The number of sulfonamides is 1. The molecule has 1 heterocycles. The summed E-state index contributed by atoms with van der Waals surface area (Å²) < 4.78 is 28.1. The van der Waals surface area contributed by atoms with Gasteiger partial charge in [-0.05, 0) is 56.3 Å². The Morgan fingerprint density at radius 2 is 1.96 bits per heavy atom. The summed E-state index contributed by atoms with van der Waals surface area (Å²) in [5.41, 5.74) is 3.69. The topological polar surface area (TPSA) is 52.7 Å². The Balaban J connectivity index is 1.82. The van der Waals surface area contributed by atoms with Crippen molar-refractivity contribution >= 4 is 27.3 Å². The van der Waals surface area contributed by atoms with Crippen LogP contribution in [-0.4, -0.2) is 47.6 Å². The van der Waals surface area contributed by atoms with Crippen LogP contribution in [0.4, 0.5) is 5.69 Å². The Labute approximate surface area is 167 Å². The first-order valence-corrected chi connectivity index (χ1v) is 10.9. The Kier molecular flexibility index (Phi) is 6.11. The predicted octanol–water partition coefficient (Wildman–Crippen LogP) is 3.30. The van der Waals surface area contributed by atoms with E-state index in [4.69, 9.17) is 11.6 Å². The molecule has 1 N–H and O–H groups in total. The summed E-state index contributed by atoms with van der Waals surface area (Å²) in [5.74, 6) is 0. The molecule has 0 fully saturated rings. The number of likely N-dealkylation sites (N-methyl/N-ethyl adjacent to an activating group) is 1. The van der Waals surface area contributed by atoms with E-state index in [0.717, 1.165) is 24.9 Å². The van der Waals surface area contributed by atoms with E-state index in [9.17, 15) is 8.42 Å².